The molecule has 1 heterocycles. The van der Waals surface area contributed by atoms with Crippen LogP contribution in [0.5, 0.6) is 5.75 Å². The number of nitrogens with one attached hydrogen (secondary N) is 1. The smallest absolute Gasteiger partial charge is 0.394 e. The van der Waals surface area contributed by atoms with Gasteiger partial charge < -0.3 is 21.1 Å². The molecule has 8 nitrogen and oxygen atoms in total. The summed E-state index contributed by atoms with van der Waals surface area (Å²) in [5.41, 5.74) is 6.87. The number of aliphatic hydroxyl groups is 1. The Balaban J connectivity index is 0.000000593. The Hall–Kier alpha value is -2.49. The zero-order chi connectivity index (χ0) is 17.4. The highest BCUT2D eigenvalue weighted by molar-refractivity contribution is 7.14. The average Bonchev–Trinajstić information content (AvgIpc) is 2.98. The number of carboxylic acids is 1. The Morgan fingerprint density at radius 2 is 2.04 bits per heavy atom. The number of carbonyl (C=O) groups excluding carboxylic acids is 1. The number of phenolic OH excluding ortho intramolecular Hbond substituents is 1. The number of aryl methyl sites for hydroxylation is 1. The molecule has 1 amide bonds. The number of carboxylic acid groups (broad SMARTS) is 1. The maximum absolute atomic E-state index is 11.0. The van der Waals surface area contributed by atoms with E-state index in [-0.39, 0.29) is 17.5 Å². The number of thiazole rings is 1. The van der Waals surface area contributed by atoms with Gasteiger partial charge in [-0.3, -0.25) is 10.1 Å². The minimum Gasteiger partial charge on any atom is -0.508 e. The van der Waals surface area contributed by atoms with E-state index in [9.17, 15) is 14.7 Å². The number of rotatable bonds is 3. The van der Waals surface area contributed by atoms with Gasteiger partial charge >= 0.3 is 11.9 Å². The number of nitrogens with zero attached hydrogens (tertiary/aromatic N) is 1. The van der Waals surface area contributed by atoms with Crippen LogP contribution in [-0.4, -0.2) is 45.3 Å². The number of aliphatic hydroxyl groups excluding tert-OH is 1. The Bertz CT molecular complexity index is 685. The molecule has 0 bridgehead atoms. The van der Waals surface area contributed by atoms with Gasteiger partial charge in [0, 0.05) is 17.5 Å². The van der Waals surface area contributed by atoms with Gasteiger partial charge in [-0.15, -0.1) is 11.3 Å². The summed E-state index contributed by atoms with van der Waals surface area (Å²) in [5.74, 6) is -2.49. The Morgan fingerprint density at radius 3 is 2.57 bits per heavy atom. The van der Waals surface area contributed by atoms with Crippen molar-refractivity contribution in [3.63, 3.8) is 0 Å². The fraction of sp³-hybridized carbons (Fsp3) is 0.214. The number of aliphatic carboxylic acids is 1. The fourth-order valence-corrected chi connectivity index (χ4v) is 2.14. The van der Waals surface area contributed by atoms with Crippen LogP contribution < -0.4 is 11.1 Å². The molecule has 0 fully saturated rings. The van der Waals surface area contributed by atoms with Crippen LogP contribution in [0.25, 0.3) is 11.3 Å². The third-order valence-electron chi connectivity index (χ3n) is 2.54. The molecule has 6 N–H and O–H groups in total. The molecule has 9 heteroatoms. The number of hydrogen-bond donors (Lipinski definition) is 5. The second-order valence-electron chi connectivity index (χ2n) is 4.31. The molecule has 0 atom stereocenters. The van der Waals surface area contributed by atoms with Crippen LogP contribution in [0, 0.1) is 6.92 Å². The van der Waals surface area contributed by atoms with Crippen molar-refractivity contribution >= 4 is 28.3 Å². The molecule has 2 rings (SSSR count). The van der Waals surface area contributed by atoms with Gasteiger partial charge in [0.2, 0.25) is 0 Å². The van der Waals surface area contributed by atoms with Crippen molar-refractivity contribution in [1.82, 2.24) is 4.98 Å². The van der Waals surface area contributed by atoms with Crippen molar-refractivity contribution in [2.45, 2.75) is 6.92 Å². The lowest BCUT2D eigenvalue weighted by molar-refractivity contribution is -0.147. The number of phenols is 1. The van der Waals surface area contributed by atoms with Crippen LogP contribution >= 0.6 is 11.3 Å². The van der Waals surface area contributed by atoms with E-state index in [1.807, 2.05) is 0 Å². The monoisotopic (exact) mass is 339 g/mol. The minimum absolute atomic E-state index is 0.0972. The normalized spacial score (nSPS) is 9.70. The molecule has 0 spiro atoms. The number of nitrogens with two attached hydrogens (primary N) is 1. The summed E-state index contributed by atoms with van der Waals surface area (Å²) >= 11 is 1.13. The number of hydrogen-bond acceptors (Lipinski definition) is 7. The first-order valence-electron chi connectivity index (χ1n) is 6.49. The third-order valence-corrected chi connectivity index (χ3v) is 3.30. The molecular weight excluding hydrogens is 322 g/mol. The molecule has 124 valence electrons. The molecule has 0 aliphatic carbocycles. The second kappa shape index (κ2) is 8.83. The first-order valence-corrected chi connectivity index (χ1v) is 7.37. The molecule has 0 aliphatic rings. The molecule has 0 saturated carbocycles. The minimum atomic E-state index is -1.56. The summed E-state index contributed by atoms with van der Waals surface area (Å²) in [6.07, 6.45) is 0. The van der Waals surface area contributed by atoms with Crippen molar-refractivity contribution < 1.29 is 24.9 Å². The Labute approximate surface area is 136 Å². The maximum atomic E-state index is 11.0. The molecule has 23 heavy (non-hydrogen) atoms. The van der Waals surface area contributed by atoms with Crippen LogP contribution in [0.4, 0.5) is 5.13 Å². The summed E-state index contributed by atoms with van der Waals surface area (Å²) in [7, 11) is 0. The van der Waals surface area contributed by atoms with E-state index in [2.05, 4.69) is 10.3 Å². The molecule has 0 saturated heterocycles. The molecule has 0 aliphatic heterocycles. The van der Waals surface area contributed by atoms with E-state index >= 15 is 0 Å². The summed E-state index contributed by atoms with van der Waals surface area (Å²) in [6.45, 7) is 2.23. The summed E-state index contributed by atoms with van der Waals surface area (Å²) in [5, 5.41) is 29.7. The molecule has 0 radical (unpaired) electrons. The van der Waals surface area contributed by atoms with Crippen molar-refractivity contribution in [2.24, 2.45) is 5.73 Å². The van der Waals surface area contributed by atoms with Crippen molar-refractivity contribution in [3.05, 3.63) is 29.1 Å². The number of aromatic nitrogens is 1. The van der Waals surface area contributed by atoms with Gasteiger partial charge in [0.15, 0.2) is 5.13 Å². The Kier molecular flexibility index (Phi) is 7.13. The average molecular weight is 339 g/mol. The lowest BCUT2D eigenvalue weighted by Gasteiger charge is -2.01. The lowest BCUT2D eigenvalue weighted by Crippen LogP contribution is -2.21. The zero-order valence-electron chi connectivity index (χ0n) is 12.3. The van der Waals surface area contributed by atoms with Crippen LogP contribution in [0.15, 0.2) is 23.6 Å². The lowest BCUT2D eigenvalue weighted by atomic mass is 10.1. The van der Waals surface area contributed by atoms with E-state index in [0.717, 1.165) is 16.9 Å². The van der Waals surface area contributed by atoms with E-state index < -0.39 is 11.9 Å². The van der Waals surface area contributed by atoms with Crippen molar-refractivity contribution in [1.29, 1.82) is 0 Å². The fourth-order valence-electron chi connectivity index (χ4n) is 1.43. The van der Waals surface area contributed by atoms with E-state index in [1.165, 1.54) is 0 Å². The quantitative estimate of drug-likeness (QED) is 0.519. The highest BCUT2D eigenvalue weighted by Gasteiger charge is 2.14. The number of anilines is 1. The highest BCUT2D eigenvalue weighted by atomic mass is 32.1. The van der Waals surface area contributed by atoms with E-state index in [0.29, 0.717) is 17.8 Å². The van der Waals surface area contributed by atoms with Gasteiger partial charge in [-0.05, 0) is 30.7 Å². The first kappa shape index (κ1) is 18.6. The van der Waals surface area contributed by atoms with Crippen molar-refractivity contribution in [3.8, 4) is 17.0 Å². The highest BCUT2D eigenvalue weighted by Crippen LogP contribution is 2.28. The van der Waals surface area contributed by atoms with Crippen molar-refractivity contribution in [2.75, 3.05) is 18.5 Å². The summed E-state index contributed by atoms with van der Waals surface area (Å²) < 4.78 is 0. The number of aromatic hydroxyl groups is 1. The van der Waals surface area contributed by atoms with Crippen LogP contribution in [0.3, 0.4) is 0 Å². The van der Waals surface area contributed by atoms with E-state index in [4.69, 9.17) is 15.9 Å². The Morgan fingerprint density at radius 1 is 1.39 bits per heavy atom. The molecular formula is C14H17N3O5S. The molecule has 1 aromatic carbocycles. The standard InChI is InChI=1S/C12H10N2O4S.C2H7NO/c1-6-4-7(2-3-9(6)15)8-5-19-12(13-8)14-10(16)11(17)18;3-1-2-4/h2-5,15H,1H3,(H,17,18)(H,13,14,16);4H,1-3H2. The number of carbonyl (C=O) groups is 2. The predicted molar refractivity (Wildman–Crippen MR) is 86.4 cm³/mol. The number of amides is 1. The SMILES string of the molecule is Cc1cc(-c2csc(NC(=O)C(=O)O)n2)ccc1O.NCCO. The molecule has 0 unspecified atom stereocenters. The van der Waals surface area contributed by atoms with Gasteiger partial charge in [-0.1, -0.05) is 0 Å². The topological polar surface area (TPSA) is 146 Å². The zero-order valence-corrected chi connectivity index (χ0v) is 13.1. The first-order chi connectivity index (χ1) is 10.9. The second-order valence-corrected chi connectivity index (χ2v) is 5.17. The van der Waals surface area contributed by atoms with Gasteiger partial charge in [-0.25, -0.2) is 9.78 Å². The number of benzene rings is 1. The van der Waals surface area contributed by atoms with Crippen LogP contribution in [-0.2, 0) is 9.59 Å². The van der Waals surface area contributed by atoms with Gasteiger partial charge in [-0.2, -0.15) is 0 Å². The summed E-state index contributed by atoms with van der Waals surface area (Å²) in [6, 6.07) is 5.01. The predicted octanol–water partition coefficient (Wildman–Crippen LogP) is 0.785. The third kappa shape index (κ3) is 5.66. The van der Waals surface area contributed by atoms with Crippen LogP contribution in [0.1, 0.15) is 5.56 Å². The molecule has 1 aromatic heterocycles. The van der Waals surface area contributed by atoms with Gasteiger partial charge in [0.05, 0.1) is 12.3 Å². The molecule has 2 aromatic rings. The van der Waals surface area contributed by atoms with E-state index in [1.54, 1.807) is 30.5 Å². The van der Waals surface area contributed by atoms with Gasteiger partial charge in [0.1, 0.15) is 5.75 Å². The maximum Gasteiger partial charge on any atom is 0.394 e. The van der Waals surface area contributed by atoms with Gasteiger partial charge in [0.25, 0.3) is 0 Å². The largest absolute Gasteiger partial charge is 0.508 e. The summed E-state index contributed by atoms with van der Waals surface area (Å²) in [4.78, 5) is 25.5. The van der Waals surface area contributed by atoms with Crippen LogP contribution in [0.2, 0.25) is 0 Å².